The molecule has 0 radical (unpaired) electrons. The van der Waals surface area contributed by atoms with Crippen LogP contribution in [0.5, 0.6) is 0 Å². The first-order valence-corrected chi connectivity index (χ1v) is 7.88. The quantitative estimate of drug-likeness (QED) is 0.841. The van der Waals surface area contributed by atoms with Crippen LogP contribution in [0, 0.1) is 0 Å². The summed E-state index contributed by atoms with van der Waals surface area (Å²) in [6.07, 6.45) is 4.00. The Labute approximate surface area is 133 Å². The van der Waals surface area contributed by atoms with Crippen molar-refractivity contribution in [1.29, 1.82) is 0 Å². The molecule has 0 saturated heterocycles. The molecule has 0 bridgehead atoms. The lowest BCUT2D eigenvalue weighted by atomic mass is 9.94. The molecular weight excluding hydrogens is 298 g/mol. The first kappa shape index (κ1) is 15.5. The molecule has 7 nitrogen and oxygen atoms in total. The first-order chi connectivity index (χ1) is 11.1. The molecule has 1 amide bonds. The predicted octanol–water partition coefficient (Wildman–Crippen LogP) is 2.41. The molecule has 0 fully saturated rings. The summed E-state index contributed by atoms with van der Waals surface area (Å²) in [7, 11) is 0. The third-order valence-corrected chi connectivity index (χ3v) is 4.01. The van der Waals surface area contributed by atoms with Gasteiger partial charge in [-0.1, -0.05) is 12.1 Å². The SMILES string of the molecule is CCc1noc(CN(CC)C(=O)c2coc3c2C(=O)CCC3)n1. The maximum Gasteiger partial charge on any atom is 0.258 e. The van der Waals surface area contributed by atoms with E-state index in [9.17, 15) is 9.59 Å². The standard InChI is InChI=1S/C16H19N3O4/c1-3-13-17-14(23-18-13)8-19(4-2)16(21)10-9-22-12-7-5-6-11(20)15(10)12/h9H,3-8H2,1-2H3. The van der Waals surface area contributed by atoms with E-state index in [1.165, 1.54) is 6.26 Å². The Bertz CT molecular complexity index is 732. The lowest BCUT2D eigenvalue weighted by Crippen LogP contribution is -2.31. The van der Waals surface area contributed by atoms with E-state index >= 15 is 0 Å². The van der Waals surface area contributed by atoms with Crippen LogP contribution in [-0.4, -0.2) is 33.3 Å². The summed E-state index contributed by atoms with van der Waals surface area (Å²) in [5.74, 6) is 1.35. The molecule has 2 aromatic rings. The molecule has 0 unspecified atom stereocenters. The van der Waals surface area contributed by atoms with Crippen LogP contribution in [-0.2, 0) is 19.4 Å². The van der Waals surface area contributed by atoms with Crippen LogP contribution in [0.15, 0.2) is 15.2 Å². The molecule has 3 rings (SSSR count). The Morgan fingerprint density at radius 3 is 2.87 bits per heavy atom. The normalized spacial score (nSPS) is 13.9. The summed E-state index contributed by atoms with van der Waals surface area (Å²) < 4.78 is 10.6. The van der Waals surface area contributed by atoms with Gasteiger partial charge in [0.05, 0.1) is 11.1 Å². The van der Waals surface area contributed by atoms with E-state index in [-0.39, 0.29) is 18.2 Å². The molecule has 1 aliphatic carbocycles. The first-order valence-electron chi connectivity index (χ1n) is 7.88. The second-order valence-corrected chi connectivity index (χ2v) is 5.50. The van der Waals surface area contributed by atoms with E-state index in [2.05, 4.69) is 10.1 Å². The van der Waals surface area contributed by atoms with E-state index < -0.39 is 0 Å². The molecular formula is C16H19N3O4. The van der Waals surface area contributed by atoms with Crippen molar-refractivity contribution in [3.63, 3.8) is 0 Å². The van der Waals surface area contributed by atoms with Gasteiger partial charge in [0, 0.05) is 25.8 Å². The Morgan fingerprint density at radius 2 is 2.17 bits per heavy atom. The van der Waals surface area contributed by atoms with E-state index in [0.717, 1.165) is 6.42 Å². The maximum absolute atomic E-state index is 12.8. The number of fused-ring (bicyclic) bond motifs is 1. The number of hydrogen-bond donors (Lipinski definition) is 0. The minimum atomic E-state index is -0.246. The van der Waals surface area contributed by atoms with Crippen LogP contribution >= 0.6 is 0 Å². The lowest BCUT2D eigenvalue weighted by Gasteiger charge is -2.19. The minimum Gasteiger partial charge on any atom is -0.468 e. The summed E-state index contributed by atoms with van der Waals surface area (Å²) in [6, 6.07) is 0. The van der Waals surface area contributed by atoms with Crippen LogP contribution in [0.3, 0.4) is 0 Å². The highest BCUT2D eigenvalue weighted by Crippen LogP contribution is 2.27. The van der Waals surface area contributed by atoms with Crippen LogP contribution in [0.4, 0.5) is 0 Å². The van der Waals surface area contributed by atoms with Crippen molar-refractivity contribution >= 4 is 11.7 Å². The van der Waals surface area contributed by atoms with Gasteiger partial charge < -0.3 is 13.8 Å². The fourth-order valence-corrected chi connectivity index (χ4v) is 2.74. The fraction of sp³-hybridized carbons (Fsp3) is 0.500. The van der Waals surface area contributed by atoms with Crippen LogP contribution < -0.4 is 0 Å². The van der Waals surface area contributed by atoms with Gasteiger partial charge in [-0.15, -0.1) is 0 Å². The van der Waals surface area contributed by atoms with Gasteiger partial charge in [0.15, 0.2) is 11.6 Å². The molecule has 0 spiro atoms. The summed E-state index contributed by atoms with van der Waals surface area (Å²) in [5, 5.41) is 3.83. The van der Waals surface area contributed by atoms with Crippen LogP contribution in [0.2, 0.25) is 0 Å². The second-order valence-electron chi connectivity index (χ2n) is 5.50. The van der Waals surface area contributed by atoms with Crippen molar-refractivity contribution < 1.29 is 18.5 Å². The molecule has 23 heavy (non-hydrogen) atoms. The topological polar surface area (TPSA) is 89.4 Å². The summed E-state index contributed by atoms with van der Waals surface area (Å²) in [5.41, 5.74) is 0.779. The number of amides is 1. The summed E-state index contributed by atoms with van der Waals surface area (Å²) in [6.45, 7) is 4.48. The van der Waals surface area contributed by atoms with Gasteiger partial charge >= 0.3 is 0 Å². The summed E-state index contributed by atoms with van der Waals surface area (Å²) in [4.78, 5) is 30.7. The predicted molar refractivity (Wildman–Crippen MR) is 80.1 cm³/mol. The van der Waals surface area contributed by atoms with Crippen molar-refractivity contribution in [3.05, 3.63) is 34.9 Å². The van der Waals surface area contributed by atoms with Crippen molar-refractivity contribution in [2.75, 3.05) is 6.54 Å². The van der Waals surface area contributed by atoms with E-state index in [4.69, 9.17) is 8.94 Å². The average molecular weight is 317 g/mol. The number of nitrogens with zero attached hydrogens (tertiary/aromatic N) is 3. The Morgan fingerprint density at radius 1 is 1.35 bits per heavy atom. The van der Waals surface area contributed by atoms with Crippen LogP contribution in [0.25, 0.3) is 0 Å². The van der Waals surface area contributed by atoms with Gasteiger partial charge in [0.2, 0.25) is 5.89 Å². The number of ketones is 1. The van der Waals surface area contributed by atoms with E-state index in [0.29, 0.717) is 54.4 Å². The Balaban J connectivity index is 1.83. The number of carbonyl (C=O) groups excluding carboxylic acids is 2. The van der Waals surface area contributed by atoms with Gasteiger partial charge in [-0.2, -0.15) is 4.98 Å². The maximum atomic E-state index is 12.8. The van der Waals surface area contributed by atoms with Crippen molar-refractivity contribution in [1.82, 2.24) is 15.0 Å². The van der Waals surface area contributed by atoms with Gasteiger partial charge in [-0.25, -0.2) is 0 Å². The smallest absolute Gasteiger partial charge is 0.258 e. The van der Waals surface area contributed by atoms with Crippen molar-refractivity contribution in [2.45, 2.75) is 46.1 Å². The van der Waals surface area contributed by atoms with E-state index in [1.54, 1.807) is 4.90 Å². The third-order valence-electron chi connectivity index (χ3n) is 4.01. The molecule has 0 atom stereocenters. The van der Waals surface area contributed by atoms with E-state index in [1.807, 2.05) is 13.8 Å². The second kappa shape index (κ2) is 6.36. The number of rotatable bonds is 5. The average Bonchev–Trinajstić information content (AvgIpc) is 3.19. The third kappa shape index (κ3) is 2.91. The molecule has 0 aliphatic heterocycles. The fourth-order valence-electron chi connectivity index (χ4n) is 2.74. The molecule has 7 heteroatoms. The van der Waals surface area contributed by atoms with Gasteiger partial charge in [0.25, 0.3) is 5.91 Å². The number of aryl methyl sites for hydroxylation is 2. The zero-order valence-electron chi connectivity index (χ0n) is 13.3. The highest BCUT2D eigenvalue weighted by molar-refractivity contribution is 6.09. The highest BCUT2D eigenvalue weighted by atomic mass is 16.5. The molecule has 0 N–H and O–H groups in total. The molecule has 0 saturated carbocycles. The monoisotopic (exact) mass is 317 g/mol. The van der Waals surface area contributed by atoms with Crippen molar-refractivity contribution in [2.24, 2.45) is 0 Å². The molecule has 2 aromatic heterocycles. The Hall–Kier alpha value is -2.44. The lowest BCUT2D eigenvalue weighted by molar-refractivity contribution is 0.0729. The van der Waals surface area contributed by atoms with Gasteiger partial charge in [-0.05, 0) is 13.3 Å². The molecule has 1 aliphatic rings. The minimum absolute atomic E-state index is 0.0227. The Kier molecular flexibility index (Phi) is 4.27. The highest BCUT2D eigenvalue weighted by Gasteiger charge is 2.30. The zero-order chi connectivity index (χ0) is 16.4. The number of furan rings is 1. The van der Waals surface area contributed by atoms with Gasteiger partial charge in [0.1, 0.15) is 18.6 Å². The zero-order valence-corrected chi connectivity index (χ0v) is 13.3. The number of carbonyl (C=O) groups is 2. The van der Waals surface area contributed by atoms with Crippen molar-refractivity contribution in [3.8, 4) is 0 Å². The molecule has 0 aromatic carbocycles. The molecule has 2 heterocycles. The number of aromatic nitrogens is 2. The van der Waals surface area contributed by atoms with Gasteiger partial charge in [-0.3, -0.25) is 9.59 Å². The molecule has 122 valence electrons. The summed E-state index contributed by atoms with van der Waals surface area (Å²) >= 11 is 0. The number of Topliss-reactive ketones (excluding diaryl/α,β-unsaturated/α-hetero) is 1. The van der Waals surface area contributed by atoms with Crippen LogP contribution in [0.1, 0.15) is 64.9 Å². The largest absolute Gasteiger partial charge is 0.468 e. The number of hydrogen-bond acceptors (Lipinski definition) is 6.